The summed E-state index contributed by atoms with van der Waals surface area (Å²) in [5, 5.41) is 10.2. The van der Waals surface area contributed by atoms with Gasteiger partial charge < -0.3 is 5.11 Å². The summed E-state index contributed by atoms with van der Waals surface area (Å²) < 4.78 is 0.951. The number of carbonyl (C=O) groups is 2. The number of hydrogen-bond donors (Lipinski definition) is 2. The van der Waals surface area contributed by atoms with Gasteiger partial charge in [0.2, 0.25) is 0 Å². The number of carboxylic acid groups (broad SMARTS) is 1. The van der Waals surface area contributed by atoms with E-state index in [1.54, 1.807) is 12.2 Å². The molecule has 1 atom stereocenters. The van der Waals surface area contributed by atoms with Crippen LogP contribution in [0.1, 0.15) is 61.9 Å². The summed E-state index contributed by atoms with van der Waals surface area (Å²) in [7, 11) is 0. The quantitative estimate of drug-likeness (QED) is 0.349. The first-order chi connectivity index (χ1) is 13.3. The molecule has 1 aromatic heterocycles. The molecule has 1 heterocycles. The minimum absolute atomic E-state index is 0.273. The van der Waals surface area contributed by atoms with Crippen LogP contribution in [0.4, 0.5) is 0 Å². The van der Waals surface area contributed by atoms with Crippen molar-refractivity contribution in [2.75, 3.05) is 0 Å². The second-order valence-corrected chi connectivity index (χ2v) is 8.79. The van der Waals surface area contributed by atoms with E-state index in [9.17, 15) is 14.7 Å². The van der Waals surface area contributed by atoms with E-state index in [0.29, 0.717) is 30.7 Å². The zero-order chi connectivity index (χ0) is 20.9. The Hall–Kier alpha value is -1.92. The van der Waals surface area contributed by atoms with Crippen LogP contribution in [-0.4, -0.2) is 21.2 Å². The fourth-order valence-corrected chi connectivity index (χ4v) is 5.30. The Morgan fingerprint density at radius 3 is 2.32 bits per heavy atom. The number of nitrogens with zero attached hydrogens (tertiary/aromatic N) is 1. The van der Waals surface area contributed by atoms with Gasteiger partial charge in [-0.1, -0.05) is 38.1 Å². The molecule has 0 amide bonds. The van der Waals surface area contributed by atoms with Crippen molar-refractivity contribution in [2.45, 2.75) is 51.4 Å². The average molecular weight is 418 g/mol. The molecule has 0 spiro atoms. The number of aromatic nitrogens is 1. The molecule has 0 saturated heterocycles. The highest BCUT2D eigenvalue weighted by atomic mass is 32.1. The predicted octanol–water partition coefficient (Wildman–Crippen LogP) is 5.96. The standard InChI is InChI=1S/C22H27NO3S2/c1-5-7-12-22(21(25)26,13-8-6-2)17(20(24)27)19-23-18-15(14(3)4)10-9-11-16(18)28-19/h5-6,9-11,14,17H,1-2,7-8,12-13H2,3-4H3,(H,24,27)(H,25,26). The largest absolute Gasteiger partial charge is 0.481 e. The van der Waals surface area contributed by atoms with Gasteiger partial charge in [-0.25, -0.2) is 4.98 Å². The molecular weight excluding hydrogens is 390 g/mol. The number of fused-ring (bicyclic) bond motifs is 1. The highest BCUT2D eigenvalue weighted by molar-refractivity contribution is 7.96. The molecule has 1 aromatic carbocycles. The third-order valence-corrected chi connectivity index (χ3v) is 6.49. The molecule has 0 radical (unpaired) electrons. The van der Waals surface area contributed by atoms with Gasteiger partial charge in [-0.2, -0.15) is 0 Å². The first kappa shape index (κ1) is 22.4. The van der Waals surface area contributed by atoms with Crippen LogP contribution in [0.3, 0.4) is 0 Å². The summed E-state index contributed by atoms with van der Waals surface area (Å²) in [5.41, 5.74) is 0.625. The summed E-state index contributed by atoms with van der Waals surface area (Å²) >= 11 is 5.48. The molecule has 0 saturated carbocycles. The third-order valence-electron chi connectivity index (χ3n) is 5.15. The molecule has 6 heteroatoms. The minimum atomic E-state index is -1.30. The fourth-order valence-electron chi connectivity index (χ4n) is 3.62. The summed E-state index contributed by atoms with van der Waals surface area (Å²) in [6.45, 7) is 11.6. The maximum absolute atomic E-state index is 12.6. The smallest absolute Gasteiger partial charge is 0.310 e. The van der Waals surface area contributed by atoms with Gasteiger partial charge in [0, 0.05) is 0 Å². The Morgan fingerprint density at radius 2 is 1.86 bits per heavy atom. The maximum atomic E-state index is 12.6. The van der Waals surface area contributed by atoms with Crippen LogP contribution in [0.2, 0.25) is 0 Å². The first-order valence-corrected chi connectivity index (χ1v) is 10.6. The van der Waals surface area contributed by atoms with Crippen molar-refractivity contribution < 1.29 is 14.7 Å². The molecule has 0 aliphatic heterocycles. The second kappa shape index (κ2) is 9.52. The molecular formula is C22H27NO3S2. The molecule has 2 aromatic rings. The maximum Gasteiger partial charge on any atom is 0.310 e. The topological polar surface area (TPSA) is 67.3 Å². The summed E-state index contributed by atoms with van der Waals surface area (Å²) in [4.78, 5) is 29.9. The van der Waals surface area contributed by atoms with Gasteiger partial charge in [0.15, 0.2) is 5.12 Å². The number of thiazole rings is 1. The number of carbonyl (C=O) groups excluding carboxylic acids is 1. The molecule has 1 unspecified atom stereocenters. The molecule has 0 bridgehead atoms. The van der Waals surface area contributed by atoms with Crippen LogP contribution in [0.25, 0.3) is 10.2 Å². The second-order valence-electron chi connectivity index (χ2n) is 7.29. The molecule has 0 fully saturated rings. The third kappa shape index (κ3) is 4.39. The number of para-hydroxylation sites is 1. The number of carboxylic acids is 1. The van der Waals surface area contributed by atoms with Gasteiger partial charge >= 0.3 is 5.97 Å². The van der Waals surface area contributed by atoms with Crippen LogP contribution in [0.15, 0.2) is 43.5 Å². The number of thiol groups is 1. The first-order valence-electron chi connectivity index (χ1n) is 9.35. The van der Waals surface area contributed by atoms with Crippen LogP contribution in [-0.2, 0) is 9.59 Å². The lowest BCUT2D eigenvalue weighted by molar-refractivity contribution is -0.153. The van der Waals surface area contributed by atoms with E-state index in [1.807, 2.05) is 18.2 Å². The zero-order valence-electron chi connectivity index (χ0n) is 16.4. The van der Waals surface area contributed by atoms with E-state index >= 15 is 0 Å². The number of allylic oxidation sites excluding steroid dienone is 2. The van der Waals surface area contributed by atoms with Crippen molar-refractivity contribution in [3.8, 4) is 0 Å². The Balaban J connectivity index is 2.69. The van der Waals surface area contributed by atoms with Gasteiger partial charge in [0.25, 0.3) is 0 Å². The van der Waals surface area contributed by atoms with Gasteiger partial charge in [0.05, 0.1) is 21.5 Å². The highest BCUT2D eigenvalue weighted by Gasteiger charge is 2.49. The molecule has 4 nitrogen and oxygen atoms in total. The molecule has 28 heavy (non-hydrogen) atoms. The van der Waals surface area contributed by atoms with E-state index in [0.717, 1.165) is 15.8 Å². The van der Waals surface area contributed by atoms with Crippen LogP contribution < -0.4 is 0 Å². The number of benzene rings is 1. The lowest BCUT2D eigenvalue weighted by atomic mass is 9.69. The molecule has 0 aliphatic carbocycles. The molecule has 0 aliphatic rings. The number of hydrogen-bond acceptors (Lipinski definition) is 4. The SMILES string of the molecule is C=CCCC(CCC=C)(C(=O)O)C(C(=O)S)c1nc2c(C(C)C)cccc2s1. The summed E-state index contributed by atoms with van der Waals surface area (Å²) in [6, 6.07) is 5.95. The number of rotatable bonds is 11. The minimum Gasteiger partial charge on any atom is -0.481 e. The Labute approximate surface area is 175 Å². The lowest BCUT2D eigenvalue weighted by Gasteiger charge is -2.34. The monoisotopic (exact) mass is 417 g/mol. The molecule has 1 N–H and O–H groups in total. The van der Waals surface area contributed by atoms with Gasteiger partial charge in [0.1, 0.15) is 5.01 Å². The summed E-state index contributed by atoms with van der Waals surface area (Å²) in [5.74, 6) is -1.66. The van der Waals surface area contributed by atoms with Gasteiger partial charge in [-0.05, 0) is 43.2 Å². The van der Waals surface area contributed by atoms with Crippen LogP contribution in [0, 0.1) is 5.41 Å². The van der Waals surface area contributed by atoms with E-state index in [2.05, 4.69) is 39.6 Å². The van der Waals surface area contributed by atoms with Gasteiger partial charge in [-0.15, -0.1) is 37.1 Å². The van der Waals surface area contributed by atoms with Crippen molar-refractivity contribution in [1.82, 2.24) is 4.98 Å². The Morgan fingerprint density at radius 1 is 1.25 bits per heavy atom. The Kier molecular flexibility index (Phi) is 7.61. The Bertz CT molecular complexity index is 873. The summed E-state index contributed by atoms with van der Waals surface area (Å²) in [6.07, 6.45) is 4.93. The van der Waals surface area contributed by atoms with E-state index in [-0.39, 0.29) is 5.92 Å². The van der Waals surface area contributed by atoms with Crippen molar-refractivity contribution in [2.24, 2.45) is 5.41 Å². The van der Waals surface area contributed by atoms with Crippen LogP contribution >= 0.6 is 24.0 Å². The number of aliphatic carboxylic acids is 1. The van der Waals surface area contributed by atoms with E-state index in [4.69, 9.17) is 4.98 Å². The van der Waals surface area contributed by atoms with Crippen molar-refractivity contribution in [3.05, 3.63) is 54.1 Å². The van der Waals surface area contributed by atoms with Crippen molar-refractivity contribution in [3.63, 3.8) is 0 Å². The normalized spacial score (nSPS) is 12.9. The van der Waals surface area contributed by atoms with Crippen LogP contribution in [0.5, 0.6) is 0 Å². The predicted molar refractivity (Wildman–Crippen MR) is 119 cm³/mol. The molecule has 150 valence electrons. The highest BCUT2D eigenvalue weighted by Crippen LogP contribution is 2.48. The zero-order valence-corrected chi connectivity index (χ0v) is 18.1. The van der Waals surface area contributed by atoms with E-state index < -0.39 is 22.4 Å². The van der Waals surface area contributed by atoms with E-state index in [1.165, 1.54) is 11.3 Å². The molecule has 2 rings (SSSR count). The van der Waals surface area contributed by atoms with Crippen molar-refractivity contribution in [1.29, 1.82) is 0 Å². The van der Waals surface area contributed by atoms with Gasteiger partial charge in [-0.3, -0.25) is 9.59 Å². The lowest BCUT2D eigenvalue weighted by Crippen LogP contribution is -2.40. The average Bonchev–Trinajstić information content (AvgIpc) is 3.06. The van der Waals surface area contributed by atoms with Crippen molar-refractivity contribution >= 4 is 45.3 Å². The fraction of sp³-hybridized carbons (Fsp3) is 0.409.